The summed E-state index contributed by atoms with van der Waals surface area (Å²) in [6.45, 7) is 0. The minimum Gasteiger partial charge on any atom is -0.508 e. The van der Waals surface area contributed by atoms with E-state index >= 15 is 0 Å². The fourth-order valence-corrected chi connectivity index (χ4v) is 2.19. The zero-order valence-corrected chi connectivity index (χ0v) is 11.2. The van der Waals surface area contributed by atoms with Crippen LogP contribution in [0.2, 0.25) is 0 Å². The molecule has 0 aliphatic heterocycles. The Morgan fingerprint density at radius 1 is 1.10 bits per heavy atom. The number of phenolic OH excluding ortho intramolecular Hbond substituents is 2. The van der Waals surface area contributed by atoms with Gasteiger partial charge in [-0.05, 0) is 17.7 Å². The maximum atomic E-state index is 12.5. The maximum absolute atomic E-state index is 12.5. The van der Waals surface area contributed by atoms with Crippen LogP contribution in [0.1, 0.15) is 0 Å². The van der Waals surface area contributed by atoms with E-state index in [9.17, 15) is 15.0 Å². The van der Waals surface area contributed by atoms with Crippen molar-refractivity contribution in [2.75, 3.05) is 7.11 Å². The second-order valence-corrected chi connectivity index (χ2v) is 4.55. The SMILES string of the molecule is COc1ccc(-c2coc3cc(O)cc(O)c3[13c]2=O)cc1. The first kappa shape index (κ1) is 13.1. The molecule has 1 aromatic heterocycles. The third-order valence-electron chi connectivity index (χ3n) is 3.24. The monoisotopic (exact) mass is 285 g/mol. The van der Waals surface area contributed by atoms with Gasteiger partial charge >= 0.3 is 0 Å². The van der Waals surface area contributed by atoms with Crippen LogP contribution in [0.25, 0.3) is 22.1 Å². The predicted octanol–water partition coefficient (Wildman–Crippen LogP) is 2.88. The summed E-state index contributed by atoms with van der Waals surface area (Å²) in [5, 5.41) is 19.3. The molecule has 0 saturated heterocycles. The molecule has 21 heavy (non-hydrogen) atoms. The fraction of sp³-hybridized carbons (Fsp3) is 0.0625. The highest BCUT2D eigenvalue weighted by molar-refractivity contribution is 5.87. The van der Waals surface area contributed by atoms with Crippen molar-refractivity contribution in [3.8, 4) is 28.4 Å². The van der Waals surface area contributed by atoms with Crippen LogP contribution < -0.4 is 10.2 Å². The van der Waals surface area contributed by atoms with Crippen LogP contribution in [-0.4, -0.2) is 17.3 Å². The molecule has 0 unspecified atom stereocenters. The average molecular weight is 285 g/mol. The summed E-state index contributed by atoms with van der Waals surface area (Å²) in [5.74, 6) is 0.200. The first-order chi connectivity index (χ1) is 10.1. The highest BCUT2D eigenvalue weighted by Crippen LogP contribution is 2.29. The highest BCUT2D eigenvalue weighted by Gasteiger charge is 2.13. The van der Waals surface area contributed by atoms with Crippen LogP contribution >= 0.6 is 0 Å². The molecule has 0 saturated carbocycles. The molecule has 0 radical (unpaired) electrons. The Kier molecular flexibility index (Phi) is 3.02. The molecule has 0 fully saturated rings. The molecule has 0 aliphatic rings. The number of hydrogen-bond acceptors (Lipinski definition) is 5. The molecule has 0 atom stereocenters. The lowest BCUT2D eigenvalue weighted by molar-refractivity contribution is 0.415. The lowest BCUT2D eigenvalue weighted by Crippen LogP contribution is -2.05. The van der Waals surface area contributed by atoms with Gasteiger partial charge in [0.25, 0.3) is 0 Å². The number of rotatable bonds is 2. The van der Waals surface area contributed by atoms with Gasteiger partial charge < -0.3 is 19.4 Å². The van der Waals surface area contributed by atoms with E-state index in [1.54, 1.807) is 31.4 Å². The zero-order valence-electron chi connectivity index (χ0n) is 11.2. The number of benzene rings is 2. The second kappa shape index (κ2) is 4.86. The number of fused-ring (bicyclic) bond motifs is 1. The molecule has 106 valence electrons. The Labute approximate surface area is 119 Å². The summed E-state index contributed by atoms with van der Waals surface area (Å²) < 4.78 is 10.4. The molecule has 1 heterocycles. The van der Waals surface area contributed by atoms with Crippen molar-refractivity contribution in [1.82, 2.24) is 0 Å². The van der Waals surface area contributed by atoms with Gasteiger partial charge in [0.2, 0.25) is 5.43 Å². The van der Waals surface area contributed by atoms with Crippen molar-refractivity contribution in [3.05, 3.63) is 52.9 Å². The Balaban J connectivity index is 2.24. The van der Waals surface area contributed by atoms with E-state index in [1.807, 2.05) is 0 Å². The van der Waals surface area contributed by atoms with Crippen LogP contribution in [0.5, 0.6) is 17.2 Å². The van der Waals surface area contributed by atoms with Crippen molar-refractivity contribution < 1.29 is 19.4 Å². The average Bonchev–Trinajstić information content (AvgIpc) is 2.47. The Bertz CT molecular complexity index is 862. The Hall–Kier alpha value is -2.95. The normalized spacial score (nSPS) is 10.7. The Morgan fingerprint density at radius 3 is 2.48 bits per heavy atom. The molecule has 3 aromatic rings. The van der Waals surface area contributed by atoms with Gasteiger partial charge in [0.15, 0.2) is 0 Å². The van der Waals surface area contributed by atoms with Crippen LogP contribution in [0.4, 0.5) is 0 Å². The predicted molar refractivity (Wildman–Crippen MR) is 77.8 cm³/mol. The van der Waals surface area contributed by atoms with E-state index in [1.165, 1.54) is 12.3 Å². The van der Waals surface area contributed by atoms with E-state index in [0.29, 0.717) is 16.9 Å². The van der Waals surface area contributed by atoms with Gasteiger partial charge in [-0.3, -0.25) is 4.79 Å². The molecule has 0 amide bonds. The van der Waals surface area contributed by atoms with E-state index in [0.717, 1.165) is 6.07 Å². The minimum atomic E-state index is -0.362. The van der Waals surface area contributed by atoms with E-state index in [4.69, 9.17) is 9.15 Å². The molecule has 5 nitrogen and oxygen atoms in total. The van der Waals surface area contributed by atoms with Crippen LogP contribution in [0.15, 0.2) is 51.9 Å². The summed E-state index contributed by atoms with van der Waals surface area (Å²) >= 11 is 0. The largest absolute Gasteiger partial charge is 0.508 e. The van der Waals surface area contributed by atoms with Gasteiger partial charge in [0, 0.05) is 12.1 Å². The molecular weight excluding hydrogens is 273 g/mol. The third kappa shape index (κ3) is 2.18. The molecule has 0 aliphatic carbocycles. The van der Waals surface area contributed by atoms with Crippen LogP contribution in [-0.2, 0) is 0 Å². The van der Waals surface area contributed by atoms with E-state index in [2.05, 4.69) is 0 Å². The standard InChI is InChI=1S/C16H12O5/c1-20-11-4-2-9(3-5-11)12-8-21-14-7-10(17)6-13(18)15(14)16(12)19/h2-8,17-18H,1H3/i16+1. The van der Waals surface area contributed by atoms with Crippen molar-refractivity contribution in [3.63, 3.8) is 0 Å². The van der Waals surface area contributed by atoms with Gasteiger partial charge in [0.05, 0.1) is 12.7 Å². The smallest absolute Gasteiger partial charge is 0.204 e. The summed E-state index contributed by atoms with van der Waals surface area (Å²) in [6, 6.07) is 9.32. The van der Waals surface area contributed by atoms with E-state index < -0.39 is 0 Å². The first-order valence-corrected chi connectivity index (χ1v) is 6.22. The van der Waals surface area contributed by atoms with Gasteiger partial charge in [-0.15, -0.1) is 0 Å². The topological polar surface area (TPSA) is 79.9 Å². The number of hydrogen-bond donors (Lipinski definition) is 2. The zero-order chi connectivity index (χ0) is 15.0. The number of methoxy groups -OCH3 is 1. The maximum Gasteiger partial charge on any atom is 0.204 e. The highest BCUT2D eigenvalue weighted by atomic mass is 16.5. The fourth-order valence-electron chi connectivity index (χ4n) is 2.19. The molecular formula is C16H12O5. The number of phenols is 2. The molecule has 3 rings (SSSR count). The lowest BCUT2D eigenvalue weighted by atomic mass is 10.1. The molecule has 0 spiro atoms. The minimum absolute atomic E-state index is 0.0427. The van der Waals surface area contributed by atoms with Crippen LogP contribution in [0, 0.1) is 0 Å². The van der Waals surface area contributed by atoms with Gasteiger partial charge in [-0.1, -0.05) is 12.1 Å². The number of aromatic hydroxyl groups is 2. The molecule has 2 N–H and O–H groups in total. The summed E-state index contributed by atoms with van der Waals surface area (Å²) in [6.07, 6.45) is 1.31. The summed E-state index contributed by atoms with van der Waals surface area (Å²) in [5.41, 5.74) is 0.749. The second-order valence-electron chi connectivity index (χ2n) is 4.55. The summed E-state index contributed by atoms with van der Waals surface area (Å²) in [7, 11) is 1.56. The molecule has 2 aromatic carbocycles. The number of ether oxygens (including phenoxy) is 1. The van der Waals surface area contributed by atoms with Crippen molar-refractivity contribution >= 4 is 11.0 Å². The quantitative estimate of drug-likeness (QED) is 0.756. The lowest BCUT2D eigenvalue weighted by Gasteiger charge is -2.05. The van der Waals surface area contributed by atoms with Crippen molar-refractivity contribution in [2.24, 2.45) is 0 Å². The van der Waals surface area contributed by atoms with Crippen molar-refractivity contribution in [2.45, 2.75) is 0 Å². The third-order valence-corrected chi connectivity index (χ3v) is 3.24. The Morgan fingerprint density at radius 2 is 1.81 bits per heavy atom. The van der Waals surface area contributed by atoms with Gasteiger partial charge in [0.1, 0.15) is 34.5 Å². The van der Waals surface area contributed by atoms with Crippen LogP contribution in [0.3, 0.4) is 0 Å². The van der Waals surface area contributed by atoms with Gasteiger partial charge in [-0.25, -0.2) is 0 Å². The van der Waals surface area contributed by atoms with Gasteiger partial charge in [-0.2, -0.15) is 0 Å². The summed E-state index contributed by atoms with van der Waals surface area (Å²) in [4.78, 5) is 12.5. The molecule has 0 bridgehead atoms. The van der Waals surface area contributed by atoms with Crippen molar-refractivity contribution in [1.29, 1.82) is 0 Å². The molecule has 5 heteroatoms. The first-order valence-electron chi connectivity index (χ1n) is 6.22. The van der Waals surface area contributed by atoms with E-state index in [-0.39, 0.29) is 27.9 Å².